The predicted octanol–water partition coefficient (Wildman–Crippen LogP) is 3.80. The van der Waals surface area contributed by atoms with Crippen LogP contribution in [-0.2, 0) is 0 Å². The molecule has 1 amide bonds. The van der Waals surface area contributed by atoms with E-state index in [9.17, 15) is 9.18 Å². The zero-order valence-electron chi connectivity index (χ0n) is 9.75. The van der Waals surface area contributed by atoms with E-state index in [4.69, 9.17) is 11.6 Å². The molecule has 6 heteroatoms. The number of rotatable bonds is 2. The number of thiazole rings is 1. The van der Waals surface area contributed by atoms with E-state index in [0.717, 1.165) is 16.6 Å². The van der Waals surface area contributed by atoms with Gasteiger partial charge in [-0.05, 0) is 32.0 Å². The summed E-state index contributed by atoms with van der Waals surface area (Å²) in [6.45, 7) is 3.79. The average Bonchev–Trinajstić information content (AvgIpc) is 2.57. The molecule has 1 aromatic heterocycles. The van der Waals surface area contributed by atoms with Crippen molar-refractivity contribution in [1.29, 1.82) is 0 Å². The molecule has 0 aliphatic rings. The highest BCUT2D eigenvalue weighted by atomic mass is 35.5. The molecule has 0 aliphatic heterocycles. The van der Waals surface area contributed by atoms with Crippen LogP contribution < -0.4 is 5.32 Å². The van der Waals surface area contributed by atoms with E-state index in [1.807, 2.05) is 13.8 Å². The smallest absolute Gasteiger partial charge is 0.258 e. The Bertz CT molecular complexity index is 593. The monoisotopic (exact) mass is 284 g/mol. The molecule has 0 unspecified atom stereocenters. The van der Waals surface area contributed by atoms with Crippen molar-refractivity contribution >= 4 is 34.0 Å². The molecule has 18 heavy (non-hydrogen) atoms. The van der Waals surface area contributed by atoms with Crippen molar-refractivity contribution in [3.05, 3.63) is 45.2 Å². The van der Waals surface area contributed by atoms with Crippen LogP contribution in [0.3, 0.4) is 0 Å². The summed E-state index contributed by atoms with van der Waals surface area (Å²) in [6.07, 6.45) is 0. The number of aryl methyl sites for hydroxylation is 2. The number of benzene rings is 1. The Kier molecular flexibility index (Phi) is 3.63. The maximum atomic E-state index is 12.9. The molecule has 2 aromatic rings. The number of carbonyl (C=O) groups excluding carboxylic acids is 1. The molecule has 0 spiro atoms. The lowest BCUT2D eigenvalue weighted by molar-refractivity contribution is 0.102. The summed E-state index contributed by atoms with van der Waals surface area (Å²) in [5, 5.41) is 3.23. The number of aromatic nitrogens is 1. The van der Waals surface area contributed by atoms with Gasteiger partial charge in [-0.15, -0.1) is 11.3 Å². The summed E-state index contributed by atoms with van der Waals surface area (Å²) in [5.74, 6) is -0.869. The minimum Gasteiger partial charge on any atom is -0.298 e. The summed E-state index contributed by atoms with van der Waals surface area (Å²) in [5.41, 5.74) is 1.10. The van der Waals surface area contributed by atoms with Crippen LogP contribution in [0.15, 0.2) is 18.2 Å². The van der Waals surface area contributed by atoms with Gasteiger partial charge in [-0.2, -0.15) is 0 Å². The summed E-state index contributed by atoms with van der Waals surface area (Å²) < 4.78 is 12.9. The molecule has 0 bridgehead atoms. The second-order valence-corrected chi connectivity index (χ2v) is 5.35. The van der Waals surface area contributed by atoms with Crippen molar-refractivity contribution in [1.82, 2.24) is 4.98 Å². The van der Waals surface area contributed by atoms with Crippen molar-refractivity contribution in [2.75, 3.05) is 5.32 Å². The number of nitrogens with zero attached hydrogens (tertiary/aromatic N) is 1. The zero-order valence-corrected chi connectivity index (χ0v) is 11.3. The molecule has 0 aliphatic carbocycles. The summed E-state index contributed by atoms with van der Waals surface area (Å²) in [4.78, 5) is 17.1. The van der Waals surface area contributed by atoms with Gasteiger partial charge in [0.05, 0.1) is 16.3 Å². The fraction of sp³-hybridized carbons (Fsp3) is 0.167. The predicted molar refractivity (Wildman–Crippen MR) is 71.0 cm³/mol. The molecule has 1 heterocycles. The Labute approximate surface area is 113 Å². The maximum absolute atomic E-state index is 12.9. The second kappa shape index (κ2) is 5.04. The third-order valence-electron chi connectivity index (χ3n) is 2.42. The van der Waals surface area contributed by atoms with Crippen molar-refractivity contribution in [2.24, 2.45) is 0 Å². The number of anilines is 1. The van der Waals surface area contributed by atoms with Crippen LogP contribution in [0.2, 0.25) is 5.02 Å². The summed E-state index contributed by atoms with van der Waals surface area (Å²) >= 11 is 7.20. The third-order valence-corrected chi connectivity index (χ3v) is 3.73. The van der Waals surface area contributed by atoms with Gasteiger partial charge in [0, 0.05) is 4.88 Å². The van der Waals surface area contributed by atoms with Crippen LogP contribution >= 0.6 is 22.9 Å². The number of carbonyl (C=O) groups is 1. The molecule has 94 valence electrons. The molecule has 0 saturated heterocycles. The molecule has 1 N–H and O–H groups in total. The lowest BCUT2D eigenvalue weighted by Crippen LogP contribution is -2.12. The fourth-order valence-corrected chi connectivity index (χ4v) is 2.43. The number of halogens is 2. The maximum Gasteiger partial charge on any atom is 0.258 e. The van der Waals surface area contributed by atoms with Gasteiger partial charge in [0.15, 0.2) is 5.13 Å². The first kappa shape index (κ1) is 13.0. The molecule has 0 radical (unpaired) electrons. The van der Waals surface area contributed by atoms with E-state index in [-0.39, 0.29) is 10.6 Å². The Balaban J connectivity index is 2.22. The van der Waals surface area contributed by atoms with Crippen molar-refractivity contribution in [3.8, 4) is 0 Å². The lowest BCUT2D eigenvalue weighted by atomic mass is 10.2. The van der Waals surface area contributed by atoms with Gasteiger partial charge in [-0.3, -0.25) is 10.1 Å². The van der Waals surface area contributed by atoms with E-state index in [0.29, 0.717) is 5.13 Å². The molecule has 0 fully saturated rings. The molecule has 0 saturated carbocycles. The molecule has 0 atom stereocenters. The summed E-state index contributed by atoms with van der Waals surface area (Å²) in [7, 11) is 0. The number of hydrogen-bond acceptors (Lipinski definition) is 3. The van der Waals surface area contributed by atoms with Gasteiger partial charge in [0.25, 0.3) is 5.91 Å². The number of amides is 1. The van der Waals surface area contributed by atoms with Crippen molar-refractivity contribution in [3.63, 3.8) is 0 Å². The minimum atomic E-state index is -0.475. The standard InChI is InChI=1S/C12H10ClFN2OS/c1-6-7(2)18-12(15-6)16-11(17)9-4-3-8(14)5-10(9)13/h3-5H,1-2H3,(H,15,16,17). The average molecular weight is 285 g/mol. The largest absolute Gasteiger partial charge is 0.298 e. The molecular weight excluding hydrogens is 275 g/mol. The molecule has 3 nitrogen and oxygen atoms in total. The lowest BCUT2D eigenvalue weighted by Gasteiger charge is -2.03. The number of hydrogen-bond donors (Lipinski definition) is 1. The highest BCUT2D eigenvalue weighted by Gasteiger charge is 2.13. The van der Waals surface area contributed by atoms with Gasteiger partial charge in [0.1, 0.15) is 5.82 Å². The molecule has 1 aromatic carbocycles. The topological polar surface area (TPSA) is 42.0 Å². The first-order valence-electron chi connectivity index (χ1n) is 5.18. The first-order chi connectivity index (χ1) is 8.47. The number of nitrogens with one attached hydrogen (secondary N) is 1. The van der Waals surface area contributed by atoms with Gasteiger partial charge >= 0.3 is 0 Å². The van der Waals surface area contributed by atoms with E-state index >= 15 is 0 Å². The Morgan fingerprint density at radius 2 is 2.17 bits per heavy atom. The molecule has 2 rings (SSSR count). The van der Waals surface area contributed by atoms with Crippen LogP contribution in [0.5, 0.6) is 0 Å². The van der Waals surface area contributed by atoms with E-state index in [1.54, 1.807) is 0 Å². The van der Waals surface area contributed by atoms with Gasteiger partial charge in [-0.1, -0.05) is 11.6 Å². The SMILES string of the molecule is Cc1nc(NC(=O)c2ccc(F)cc2Cl)sc1C. The van der Waals surface area contributed by atoms with Crippen LogP contribution in [0.1, 0.15) is 20.9 Å². The van der Waals surface area contributed by atoms with Crippen molar-refractivity contribution < 1.29 is 9.18 Å². The molecular formula is C12H10ClFN2OS. The van der Waals surface area contributed by atoms with Crippen molar-refractivity contribution in [2.45, 2.75) is 13.8 Å². The van der Waals surface area contributed by atoms with E-state index < -0.39 is 11.7 Å². The van der Waals surface area contributed by atoms with Crippen LogP contribution in [0.25, 0.3) is 0 Å². The first-order valence-corrected chi connectivity index (χ1v) is 6.37. The Hall–Kier alpha value is -1.46. The zero-order chi connectivity index (χ0) is 13.3. The van der Waals surface area contributed by atoms with Crippen LogP contribution in [-0.4, -0.2) is 10.9 Å². The highest BCUT2D eigenvalue weighted by Crippen LogP contribution is 2.23. The highest BCUT2D eigenvalue weighted by molar-refractivity contribution is 7.15. The van der Waals surface area contributed by atoms with Gasteiger partial charge in [-0.25, -0.2) is 9.37 Å². The summed E-state index contributed by atoms with van der Waals surface area (Å²) in [6, 6.07) is 3.65. The van der Waals surface area contributed by atoms with Gasteiger partial charge < -0.3 is 0 Å². The normalized spacial score (nSPS) is 10.4. The minimum absolute atomic E-state index is 0.0810. The van der Waals surface area contributed by atoms with Crippen LogP contribution in [0.4, 0.5) is 9.52 Å². The quantitative estimate of drug-likeness (QED) is 0.911. The van der Waals surface area contributed by atoms with E-state index in [2.05, 4.69) is 10.3 Å². The third kappa shape index (κ3) is 2.68. The fourth-order valence-electron chi connectivity index (χ4n) is 1.36. The van der Waals surface area contributed by atoms with Gasteiger partial charge in [0.2, 0.25) is 0 Å². The van der Waals surface area contributed by atoms with Crippen LogP contribution in [0, 0.1) is 19.7 Å². The Morgan fingerprint density at radius 3 is 2.72 bits per heavy atom. The Morgan fingerprint density at radius 1 is 1.44 bits per heavy atom. The second-order valence-electron chi connectivity index (χ2n) is 3.74. The van der Waals surface area contributed by atoms with E-state index in [1.165, 1.54) is 23.5 Å².